The summed E-state index contributed by atoms with van der Waals surface area (Å²) in [7, 11) is 0. The lowest BCUT2D eigenvalue weighted by atomic mass is 10.1. The molecule has 0 spiro atoms. The second-order valence-corrected chi connectivity index (χ2v) is 6.20. The molecule has 2 aromatic carbocycles. The minimum absolute atomic E-state index is 0.0334. The van der Waals surface area contributed by atoms with Crippen molar-refractivity contribution >= 4 is 23.2 Å². The Hall–Kier alpha value is -3.55. The first-order chi connectivity index (χ1) is 13.1. The zero-order chi connectivity index (χ0) is 18.8. The molecule has 0 unspecified atom stereocenters. The van der Waals surface area contributed by atoms with Gasteiger partial charge in [-0.15, -0.1) is 0 Å². The van der Waals surface area contributed by atoms with Crippen molar-refractivity contribution in [2.24, 2.45) is 5.92 Å². The highest BCUT2D eigenvalue weighted by atomic mass is 19.1. The Morgan fingerprint density at radius 2 is 1.85 bits per heavy atom. The van der Waals surface area contributed by atoms with E-state index < -0.39 is 11.7 Å². The fourth-order valence-corrected chi connectivity index (χ4v) is 3.13. The third kappa shape index (κ3) is 3.29. The van der Waals surface area contributed by atoms with Crippen LogP contribution in [-0.4, -0.2) is 33.1 Å². The van der Waals surface area contributed by atoms with E-state index in [9.17, 15) is 14.0 Å². The molecular formula is C19H16FN5O2. The minimum Gasteiger partial charge on any atom is -0.324 e. The Bertz CT molecular complexity index is 989. The van der Waals surface area contributed by atoms with Gasteiger partial charge in [-0.05, 0) is 24.3 Å². The highest BCUT2D eigenvalue weighted by Crippen LogP contribution is 2.28. The normalized spacial score (nSPS) is 16.6. The molecule has 2 amide bonds. The van der Waals surface area contributed by atoms with Crippen LogP contribution in [-0.2, 0) is 9.59 Å². The Labute approximate surface area is 154 Å². The number of hydrogen-bond acceptors (Lipinski definition) is 4. The topological polar surface area (TPSA) is 80.1 Å². The van der Waals surface area contributed by atoms with Crippen LogP contribution in [0.15, 0.2) is 61.2 Å². The summed E-state index contributed by atoms with van der Waals surface area (Å²) in [4.78, 5) is 30.3. The highest BCUT2D eigenvalue weighted by Gasteiger charge is 2.36. The molecule has 0 saturated carbocycles. The molecule has 0 radical (unpaired) electrons. The van der Waals surface area contributed by atoms with Crippen molar-refractivity contribution in [3.8, 4) is 5.69 Å². The van der Waals surface area contributed by atoms with Crippen molar-refractivity contribution in [2.45, 2.75) is 6.42 Å². The zero-order valence-electron chi connectivity index (χ0n) is 14.2. The molecule has 8 heteroatoms. The summed E-state index contributed by atoms with van der Waals surface area (Å²) in [6, 6.07) is 13.2. The summed E-state index contributed by atoms with van der Waals surface area (Å²) in [5.41, 5.74) is 1.42. The van der Waals surface area contributed by atoms with Crippen LogP contribution in [0.4, 0.5) is 15.8 Å². The molecule has 0 aliphatic carbocycles. The first-order valence-electron chi connectivity index (χ1n) is 8.43. The molecule has 1 aromatic heterocycles. The van der Waals surface area contributed by atoms with Crippen molar-refractivity contribution in [1.82, 2.24) is 14.8 Å². The van der Waals surface area contributed by atoms with Crippen molar-refractivity contribution in [2.75, 3.05) is 16.8 Å². The lowest BCUT2D eigenvalue weighted by Crippen LogP contribution is -2.29. The number of amides is 2. The fraction of sp³-hybridized carbons (Fsp3) is 0.158. The van der Waals surface area contributed by atoms with E-state index in [2.05, 4.69) is 15.4 Å². The fourth-order valence-electron chi connectivity index (χ4n) is 3.13. The average Bonchev–Trinajstić information content (AvgIpc) is 3.33. The van der Waals surface area contributed by atoms with Gasteiger partial charge in [0.2, 0.25) is 11.8 Å². The number of aromatic nitrogens is 3. The molecule has 1 aliphatic heterocycles. The quantitative estimate of drug-likeness (QED) is 0.770. The molecule has 1 atom stereocenters. The van der Waals surface area contributed by atoms with E-state index in [-0.39, 0.29) is 30.5 Å². The molecule has 136 valence electrons. The van der Waals surface area contributed by atoms with Gasteiger partial charge in [-0.25, -0.2) is 14.1 Å². The van der Waals surface area contributed by atoms with Gasteiger partial charge in [-0.2, -0.15) is 5.10 Å². The van der Waals surface area contributed by atoms with Gasteiger partial charge in [0.1, 0.15) is 18.5 Å². The summed E-state index contributed by atoms with van der Waals surface area (Å²) in [5.74, 6) is -1.62. The number of carbonyl (C=O) groups is 2. The van der Waals surface area contributed by atoms with Gasteiger partial charge in [-0.3, -0.25) is 9.59 Å². The van der Waals surface area contributed by atoms with Crippen molar-refractivity contribution in [3.05, 3.63) is 67.0 Å². The van der Waals surface area contributed by atoms with Gasteiger partial charge in [0.15, 0.2) is 0 Å². The molecular weight excluding hydrogens is 349 g/mol. The van der Waals surface area contributed by atoms with Gasteiger partial charge >= 0.3 is 0 Å². The number of benzene rings is 2. The van der Waals surface area contributed by atoms with Crippen molar-refractivity contribution in [3.63, 3.8) is 0 Å². The second kappa shape index (κ2) is 6.99. The summed E-state index contributed by atoms with van der Waals surface area (Å²) >= 11 is 0. The molecule has 7 nitrogen and oxygen atoms in total. The summed E-state index contributed by atoms with van der Waals surface area (Å²) in [6.07, 6.45) is 2.97. The molecule has 1 fully saturated rings. The third-order valence-electron chi connectivity index (χ3n) is 4.47. The van der Waals surface area contributed by atoms with Crippen LogP contribution < -0.4 is 10.2 Å². The van der Waals surface area contributed by atoms with Gasteiger partial charge < -0.3 is 10.2 Å². The maximum absolute atomic E-state index is 14.0. The minimum atomic E-state index is -0.569. The van der Waals surface area contributed by atoms with Gasteiger partial charge in [0, 0.05) is 13.0 Å². The molecule has 1 aliphatic rings. The predicted molar refractivity (Wildman–Crippen MR) is 96.8 cm³/mol. The summed E-state index contributed by atoms with van der Waals surface area (Å²) in [6.45, 7) is 0.136. The maximum atomic E-state index is 14.0. The van der Waals surface area contributed by atoms with Gasteiger partial charge in [0.05, 0.1) is 23.0 Å². The Morgan fingerprint density at radius 3 is 2.59 bits per heavy atom. The lowest BCUT2D eigenvalue weighted by Gasteiger charge is -2.17. The van der Waals surface area contributed by atoms with Crippen LogP contribution in [0.25, 0.3) is 5.69 Å². The van der Waals surface area contributed by atoms with Crippen LogP contribution in [0.2, 0.25) is 0 Å². The second-order valence-electron chi connectivity index (χ2n) is 6.20. The van der Waals surface area contributed by atoms with Crippen molar-refractivity contribution in [1.29, 1.82) is 0 Å². The number of hydrogen-bond donors (Lipinski definition) is 1. The summed E-state index contributed by atoms with van der Waals surface area (Å²) in [5, 5.41) is 6.92. The van der Waals surface area contributed by atoms with Gasteiger partial charge in [-0.1, -0.05) is 24.3 Å². The first kappa shape index (κ1) is 16.9. The lowest BCUT2D eigenvalue weighted by molar-refractivity contribution is -0.122. The zero-order valence-corrected chi connectivity index (χ0v) is 14.2. The van der Waals surface area contributed by atoms with E-state index in [0.717, 1.165) is 0 Å². The number of nitrogens with zero attached hydrogens (tertiary/aromatic N) is 4. The molecule has 2 heterocycles. The van der Waals surface area contributed by atoms with Crippen LogP contribution in [0.5, 0.6) is 0 Å². The number of nitrogens with one attached hydrogen (secondary N) is 1. The van der Waals surface area contributed by atoms with E-state index in [1.54, 1.807) is 35.0 Å². The molecule has 1 saturated heterocycles. The standard InChI is InChI=1S/C19H16FN5O2/c20-14-5-1-3-7-16(14)24-10-13(9-18(24)26)19(27)23-15-6-2-4-8-17(15)25-12-21-11-22-25/h1-8,11-13H,9-10H2,(H,23,27)/t13-/m0/s1. The predicted octanol–water partition coefficient (Wildman–Crippen LogP) is 2.40. The SMILES string of the molecule is O=C(Nc1ccccc1-n1cncn1)[C@H]1CC(=O)N(c2ccccc2F)C1. The molecule has 4 rings (SSSR count). The number of para-hydroxylation sites is 3. The van der Waals surface area contributed by atoms with Crippen LogP contribution in [0, 0.1) is 11.7 Å². The highest BCUT2D eigenvalue weighted by molar-refractivity contribution is 6.04. The number of carbonyl (C=O) groups excluding carboxylic acids is 2. The maximum Gasteiger partial charge on any atom is 0.229 e. The molecule has 1 N–H and O–H groups in total. The average molecular weight is 365 g/mol. The van der Waals surface area contributed by atoms with E-state index in [0.29, 0.717) is 11.4 Å². The third-order valence-corrected chi connectivity index (χ3v) is 4.47. The first-order valence-corrected chi connectivity index (χ1v) is 8.43. The number of rotatable bonds is 4. The van der Waals surface area contributed by atoms with E-state index in [1.165, 1.54) is 29.7 Å². The molecule has 0 bridgehead atoms. The number of anilines is 2. The van der Waals surface area contributed by atoms with Crippen LogP contribution in [0.1, 0.15) is 6.42 Å². The summed E-state index contributed by atoms with van der Waals surface area (Å²) < 4.78 is 15.5. The molecule has 3 aromatic rings. The van der Waals surface area contributed by atoms with E-state index >= 15 is 0 Å². The Morgan fingerprint density at radius 1 is 1.11 bits per heavy atom. The van der Waals surface area contributed by atoms with E-state index in [1.807, 2.05) is 6.07 Å². The number of halogens is 1. The molecule has 27 heavy (non-hydrogen) atoms. The van der Waals surface area contributed by atoms with Crippen LogP contribution in [0.3, 0.4) is 0 Å². The van der Waals surface area contributed by atoms with Crippen molar-refractivity contribution < 1.29 is 14.0 Å². The smallest absolute Gasteiger partial charge is 0.229 e. The van der Waals surface area contributed by atoms with E-state index in [4.69, 9.17) is 0 Å². The Kier molecular flexibility index (Phi) is 4.37. The Balaban J connectivity index is 1.52. The van der Waals surface area contributed by atoms with Crippen LogP contribution >= 0.6 is 0 Å². The monoisotopic (exact) mass is 365 g/mol. The largest absolute Gasteiger partial charge is 0.324 e. The van der Waals surface area contributed by atoms with Gasteiger partial charge in [0.25, 0.3) is 0 Å².